The molecule has 0 fully saturated rings. The fraction of sp³-hybridized carbons (Fsp3) is 0.182. The van der Waals surface area contributed by atoms with E-state index in [1.165, 1.54) is 18.2 Å². The highest BCUT2D eigenvalue weighted by atomic mass is 19.3. The monoisotopic (exact) mass is 405 g/mol. The minimum atomic E-state index is -4.53. The molecule has 0 bridgehead atoms. The van der Waals surface area contributed by atoms with Crippen molar-refractivity contribution in [2.45, 2.75) is 26.0 Å². The van der Waals surface area contributed by atoms with Gasteiger partial charge in [-0.05, 0) is 48.9 Å². The van der Waals surface area contributed by atoms with E-state index in [2.05, 4.69) is 10.1 Å². The van der Waals surface area contributed by atoms with Gasteiger partial charge in [0, 0.05) is 18.3 Å². The van der Waals surface area contributed by atoms with Gasteiger partial charge in [0.05, 0.1) is 0 Å². The molecule has 0 aliphatic carbocycles. The van der Waals surface area contributed by atoms with E-state index in [1.54, 1.807) is 12.1 Å². The van der Waals surface area contributed by atoms with E-state index in [0.717, 1.165) is 11.3 Å². The van der Waals surface area contributed by atoms with Gasteiger partial charge in [0.15, 0.2) is 0 Å². The first kappa shape index (κ1) is 20.5. The van der Waals surface area contributed by atoms with Gasteiger partial charge in [-0.3, -0.25) is 0 Å². The largest absolute Gasteiger partial charge is 0.461 e. The molecule has 0 saturated carbocycles. The van der Waals surface area contributed by atoms with Gasteiger partial charge >= 0.3 is 12.5 Å². The molecular weight excluding hydrogens is 386 g/mol. The Labute approximate surface area is 165 Å². The molecule has 3 nitrogen and oxygen atoms in total. The van der Waals surface area contributed by atoms with Gasteiger partial charge in [-0.15, -0.1) is 0 Å². The average Bonchev–Trinajstić information content (AvgIpc) is 2.68. The summed E-state index contributed by atoms with van der Waals surface area (Å²) in [4.78, 5) is 0. The molecule has 0 amide bonds. The van der Waals surface area contributed by atoms with Crippen molar-refractivity contribution in [3.05, 3.63) is 83.9 Å². The number of anilines is 1. The summed E-state index contributed by atoms with van der Waals surface area (Å²) in [6.45, 7) is 2.27. The molecule has 3 rings (SSSR count). The first-order valence-corrected chi connectivity index (χ1v) is 8.84. The number of nitrogens with one attached hydrogen (secondary N) is 1. The van der Waals surface area contributed by atoms with Crippen molar-refractivity contribution in [1.29, 1.82) is 0 Å². The molecule has 7 heteroatoms. The highest BCUT2D eigenvalue weighted by Crippen LogP contribution is 2.28. The topological polar surface area (TPSA) is 30.5 Å². The highest BCUT2D eigenvalue weighted by molar-refractivity contribution is 5.49. The van der Waals surface area contributed by atoms with Gasteiger partial charge in [0.2, 0.25) is 0 Å². The lowest BCUT2D eigenvalue weighted by atomic mass is 10.2. The fourth-order valence-corrected chi connectivity index (χ4v) is 2.54. The zero-order valence-corrected chi connectivity index (χ0v) is 15.5. The molecule has 1 N–H and O–H groups in total. The van der Waals surface area contributed by atoms with Crippen LogP contribution in [-0.2, 0) is 6.54 Å². The quantitative estimate of drug-likeness (QED) is 0.426. The van der Waals surface area contributed by atoms with Crippen molar-refractivity contribution in [3.63, 3.8) is 0 Å². The van der Waals surface area contributed by atoms with E-state index in [-0.39, 0.29) is 12.3 Å². The second kappa shape index (κ2) is 8.86. The van der Waals surface area contributed by atoms with Crippen molar-refractivity contribution in [2.75, 3.05) is 5.32 Å². The van der Waals surface area contributed by atoms with Crippen molar-refractivity contribution in [3.8, 4) is 17.2 Å². The molecule has 0 aliphatic heterocycles. The van der Waals surface area contributed by atoms with Gasteiger partial charge in [-0.1, -0.05) is 35.9 Å². The number of benzene rings is 3. The minimum Gasteiger partial charge on any atom is -0.457 e. The Morgan fingerprint density at radius 1 is 0.862 bits per heavy atom. The smallest absolute Gasteiger partial charge is 0.457 e. The molecular formula is C22H19F4NO2. The lowest BCUT2D eigenvalue weighted by Crippen LogP contribution is -2.33. The Morgan fingerprint density at radius 2 is 1.55 bits per heavy atom. The SMILES string of the molecule is Cc1ccc(Oc2cccc(NCc3cccc(OC(F)(F)C(F)F)c3)c2)cc1. The Morgan fingerprint density at radius 3 is 2.28 bits per heavy atom. The molecule has 3 aromatic rings. The zero-order valence-electron chi connectivity index (χ0n) is 15.5. The second-order valence-electron chi connectivity index (χ2n) is 6.41. The van der Waals surface area contributed by atoms with Crippen molar-refractivity contribution < 1.29 is 27.0 Å². The lowest BCUT2D eigenvalue weighted by molar-refractivity contribution is -0.253. The van der Waals surface area contributed by atoms with E-state index in [4.69, 9.17) is 4.74 Å². The second-order valence-corrected chi connectivity index (χ2v) is 6.41. The standard InChI is InChI=1S/C22H19F4NO2/c1-15-8-10-18(11-9-15)28-19-6-3-5-17(13-19)27-14-16-4-2-7-20(12-16)29-22(25,26)21(23)24/h2-13,21,27H,14H2,1H3. The third kappa shape index (κ3) is 5.88. The summed E-state index contributed by atoms with van der Waals surface area (Å²) in [7, 11) is 0. The molecule has 0 saturated heterocycles. The van der Waals surface area contributed by atoms with Crippen LogP contribution in [0.25, 0.3) is 0 Å². The van der Waals surface area contributed by atoms with Crippen molar-refractivity contribution in [2.24, 2.45) is 0 Å². The minimum absolute atomic E-state index is 0.283. The predicted octanol–water partition coefficient (Wildman–Crippen LogP) is 6.64. The zero-order chi connectivity index (χ0) is 20.9. The third-order valence-corrected chi connectivity index (χ3v) is 3.99. The summed E-state index contributed by atoms with van der Waals surface area (Å²) in [6.07, 6.45) is -8.44. The highest BCUT2D eigenvalue weighted by Gasteiger charge is 2.43. The van der Waals surface area contributed by atoms with Crippen LogP contribution < -0.4 is 14.8 Å². The number of rotatable bonds is 8. The van der Waals surface area contributed by atoms with E-state index >= 15 is 0 Å². The van der Waals surface area contributed by atoms with Gasteiger partial charge in [-0.2, -0.15) is 17.6 Å². The van der Waals surface area contributed by atoms with Crippen LogP contribution in [0.1, 0.15) is 11.1 Å². The molecule has 152 valence electrons. The Bertz CT molecular complexity index is 946. The number of hydrogen-bond acceptors (Lipinski definition) is 3. The summed E-state index contributed by atoms with van der Waals surface area (Å²) >= 11 is 0. The fourth-order valence-electron chi connectivity index (χ4n) is 2.54. The molecule has 0 aromatic heterocycles. The Hall–Kier alpha value is -3.22. The summed E-state index contributed by atoms with van der Waals surface area (Å²) in [5.74, 6) is 1.01. The maximum atomic E-state index is 13.1. The number of ether oxygens (including phenoxy) is 2. The van der Waals surface area contributed by atoms with E-state index in [1.807, 2.05) is 49.4 Å². The van der Waals surface area contributed by atoms with E-state index < -0.39 is 12.5 Å². The van der Waals surface area contributed by atoms with Gasteiger partial charge in [0.25, 0.3) is 0 Å². The normalized spacial score (nSPS) is 11.4. The third-order valence-electron chi connectivity index (χ3n) is 3.99. The van der Waals surface area contributed by atoms with E-state index in [9.17, 15) is 17.6 Å². The van der Waals surface area contributed by atoms with E-state index in [0.29, 0.717) is 17.1 Å². The molecule has 0 aliphatic rings. The summed E-state index contributed by atoms with van der Waals surface area (Å²) in [6, 6.07) is 20.5. The van der Waals surface area contributed by atoms with Gasteiger partial charge < -0.3 is 14.8 Å². The van der Waals surface area contributed by atoms with Crippen LogP contribution in [0.4, 0.5) is 23.2 Å². The molecule has 0 atom stereocenters. The first-order valence-electron chi connectivity index (χ1n) is 8.84. The maximum absolute atomic E-state index is 13.1. The molecule has 0 unspecified atom stereocenters. The number of aryl methyl sites for hydroxylation is 1. The van der Waals surface area contributed by atoms with Crippen LogP contribution in [0.15, 0.2) is 72.8 Å². The summed E-state index contributed by atoms with van der Waals surface area (Å²) < 4.78 is 60.6. The van der Waals surface area contributed by atoms with Crippen LogP contribution in [0.3, 0.4) is 0 Å². The van der Waals surface area contributed by atoms with Crippen LogP contribution >= 0.6 is 0 Å². The molecule has 29 heavy (non-hydrogen) atoms. The summed E-state index contributed by atoms with van der Waals surface area (Å²) in [5.41, 5.74) is 2.47. The number of halogens is 4. The van der Waals surface area contributed by atoms with Crippen LogP contribution in [-0.4, -0.2) is 12.5 Å². The van der Waals surface area contributed by atoms with Crippen molar-refractivity contribution in [1.82, 2.24) is 0 Å². The predicted molar refractivity (Wildman–Crippen MR) is 103 cm³/mol. The number of alkyl halides is 4. The maximum Gasteiger partial charge on any atom is 0.461 e. The first-order chi connectivity index (χ1) is 13.8. The molecule has 0 spiro atoms. The lowest BCUT2D eigenvalue weighted by Gasteiger charge is -2.17. The van der Waals surface area contributed by atoms with Crippen LogP contribution in [0.2, 0.25) is 0 Å². The van der Waals surface area contributed by atoms with Gasteiger partial charge in [0.1, 0.15) is 17.2 Å². The molecule has 0 heterocycles. The molecule has 0 radical (unpaired) electrons. The molecule has 3 aromatic carbocycles. The Kier molecular flexibility index (Phi) is 6.26. The summed E-state index contributed by atoms with van der Waals surface area (Å²) in [5, 5.41) is 3.14. The van der Waals surface area contributed by atoms with Gasteiger partial charge in [-0.25, -0.2) is 0 Å². The van der Waals surface area contributed by atoms with Crippen molar-refractivity contribution >= 4 is 5.69 Å². The van der Waals surface area contributed by atoms with Crippen LogP contribution in [0, 0.1) is 6.92 Å². The number of hydrogen-bond donors (Lipinski definition) is 1. The Balaban J connectivity index is 1.63. The van der Waals surface area contributed by atoms with Crippen LogP contribution in [0.5, 0.6) is 17.2 Å². The average molecular weight is 405 g/mol.